The van der Waals surface area contributed by atoms with Crippen LogP contribution in [0.15, 0.2) is 12.1 Å². The van der Waals surface area contributed by atoms with Gasteiger partial charge in [0.15, 0.2) is 0 Å². The monoisotopic (exact) mass is 287 g/mol. The second kappa shape index (κ2) is 6.07. The zero-order chi connectivity index (χ0) is 15.0. The number of nitrogens with zero attached hydrogens (tertiary/aromatic N) is 2. The molecule has 2 heterocycles. The van der Waals surface area contributed by atoms with E-state index < -0.39 is 0 Å². The van der Waals surface area contributed by atoms with E-state index >= 15 is 0 Å². The largest absolute Gasteiger partial charge is 0.314 e. The third kappa shape index (κ3) is 3.01. The molecule has 116 valence electrons. The zero-order valence-electron chi connectivity index (χ0n) is 13.9. The number of aryl methyl sites for hydroxylation is 3. The summed E-state index contributed by atoms with van der Waals surface area (Å²) in [5, 5.41) is 3.44. The number of benzene rings is 1. The first-order chi connectivity index (χ1) is 10.1. The maximum absolute atomic E-state index is 3.44. The van der Waals surface area contributed by atoms with Crippen molar-refractivity contribution in [1.82, 2.24) is 15.1 Å². The van der Waals surface area contributed by atoms with Crippen LogP contribution in [0.1, 0.15) is 35.2 Å². The quantitative estimate of drug-likeness (QED) is 0.920. The van der Waals surface area contributed by atoms with E-state index in [1.54, 1.807) is 5.56 Å². The van der Waals surface area contributed by atoms with E-state index in [0.29, 0.717) is 6.04 Å². The van der Waals surface area contributed by atoms with Crippen molar-refractivity contribution >= 4 is 0 Å². The molecule has 2 aliphatic heterocycles. The fourth-order valence-electron chi connectivity index (χ4n) is 4.12. The van der Waals surface area contributed by atoms with Crippen LogP contribution in [0.25, 0.3) is 0 Å². The standard InChI is InChI=1S/C18H29N3/c1-13-9-14(2)18(15(3)10-13)16(4)21-11-17(12-21)20-7-5-19-6-8-20/h9-10,16-17,19H,5-8,11-12H2,1-4H3. The summed E-state index contributed by atoms with van der Waals surface area (Å²) in [7, 11) is 0. The van der Waals surface area contributed by atoms with Crippen LogP contribution in [0.4, 0.5) is 0 Å². The molecule has 1 atom stereocenters. The molecule has 0 radical (unpaired) electrons. The molecule has 1 unspecified atom stereocenters. The zero-order valence-corrected chi connectivity index (χ0v) is 13.9. The second-order valence-corrected chi connectivity index (χ2v) is 6.88. The summed E-state index contributed by atoms with van der Waals surface area (Å²) in [6, 6.07) is 5.98. The highest BCUT2D eigenvalue weighted by Crippen LogP contribution is 2.32. The molecule has 3 heteroatoms. The number of rotatable bonds is 3. The first kappa shape index (κ1) is 15.0. The van der Waals surface area contributed by atoms with E-state index in [-0.39, 0.29) is 0 Å². The van der Waals surface area contributed by atoms with Crippen molar-refractivity contribution in [2.45, 2.75) is 39.8 Å². The van der Waals surface area contributed by atoms with Crippen molar-refractivity contribution in [3.8, 4) is 0 Å². The van der Waals surface area contributed by atoms with E-state index in [1.807, 2.05) is 0 Å². The predicted octanol–water partition coefficient (Wildman–Crippen LogP) is 2.26. The Bertz CT molecular complexity index is 476. The molecule has 2 saturated heterocycles. The Morgan fingerprint density at radius 1 is 1.05 bits per heavy atom. The van der Waals surface area contributed by atoms with Crippen molar-refractivity contribution < 1.29 is 0 Å². The van der Waals surface area contributed by atoms with Gasteiger partial charge in [-0.05, 0) is 44.4 Å². The first-order valence-corrected chi connectivity index (χ1v) is 8.33. The Hall–Kier alpha value is -0.900. The Morgan fingerprint density at radius 3 is 2.19 bits per heavy atom. The number of piperazine rings is 1. The molecule has 2 aliphatic rings. The van der Waals surface area contributed by atoms with E-state index in [1.165, 1.54) is 42.9 Å². The van der Waals surface area contributed by atoms with Gasteiger partial charge in [0, 0.05) is 51.4 Å². The molecular formula is C18H29N3. The van der Waals surface area contributed by atoms with Gasteiger partial charge in [0.05, 0.1) is 0 Å². The maximum Gasteiger partial charge on any atom is 0.0351 e. The molecule has 0 amide bonds. The van der Waals surface area contributed by atoms with Crippen LogP contribution in [0, 0.1) is 20.8 Å². The second-order valence-electron chi connectivity index (χ2n) is 6.88. The first-order valence-electron chi connectivity index (χ1n) is 8.33. The number of likely N-dealkylation sites (tertiary alicyclic amines) is 1. The molecule has 0 aromatic heterocycles. The topological polar surface area (TPSA) is 18.5 Å². The lowest BCUT2D eigenvalue weighted by atomic mass is 9.91. The highest BCUT2D eigenvalue weighted by molar-refractivity contribution is 5.39. The normalized spacial score (nSPS) is 23.0. The minimum atomic E-state index is 0.546. The Kier molecular flexibility index (Phi) is 4.34. The molecule has 0 bridgehead atoms. The molecule has 0 saturated carbocycles. The van der Waals surface area contributed by atoms with Crippen LogP contribution in [0.2, 0.25) is 0 Å². The summed E-state index contributed by atoms with van der Waals surface area (Å²) in [6.45, 7) is 16.3. The van der Waals surface area contributed by atoms with Gasteiger partial charge < -0.3 is 5.32 Å². The van der Waals surface area contributed by atoms with Gasteiger partial charge in [0.2, 0.25) is 0 Å². The van der Waals surface area contributed by atoms with Gasteiger partial charge in [-0.3, -0.25) is 9.80 Å². The Labute approximate surface area is 129 Å². The van der Waals surface area contributed by atoms with Gasteiger partial charge in [-0.1, -0.05) is 17.7 Å². The van der Waals surface area contributed by atoms with Gasteiger partial charge in [-0.15, -0.1) is 0 Å². The van der Waals surface area contributed by atoms with Gasteiger partial charge in [-0.25, -0.2) is 0 Å². The lowest BCUT2D eigenvalue weighted by Crippen LogP contribution is -2.62. The fraction of sp³-hybridized carbons (Fsp3) is 0.667. The molecule has 1 N–H and O–H groups in total. The average Bonchev–Trinajstić information content (AvgIpc) is 2.37. The number of nitrogens with one attached hydrogen (secondary N) is 1. The summed E-state index contributed by atoms with van der Waals surface area (Å²) < 4.78 is 0. The van der Waals surface area contributed by atoms with Gasteiger partial charge >= 0.3 is 0 Å². The van der Waals surface area contributed by atoms with Crippen LogP contribution in [0.5, 0.6) is 0 Å². The minimum Gasteiger partial charge on any atom is -0.314 e. The predicted molar refractivity (Wildman–Crippen MR) is 88.9 cm³/mol. The van der Waals surface area contributed by atoms with E-state index in [4.69, 9.17) is 0 Å². The highest BCUT2D eigenvalue weighted by atomic mass is 15.3. The summed E-state index contributed by atoms with van der Waals surface area (Å²) in [4.78, 5) is 5.30. The summed E-state index contributed by atoms with van der Waals surface area (Å²) in [5.74, 6) is 0. The summed E-state index contributed by atoms with van der Waals surface area (Å²) >= 11 is 0. The number of hydrogen-bond donors (Lipinski definition) is 1. The van der Waals surface area contributed by atoms with Crippen molar-refractivity contribution in [1.29, 1.82) is 0 Å². The van der Waals surface area contributed by atoms with E-state index in [2.05, 4.69) is 54.9 Å². The SMILES string of the molecule is Cc1cc(C)c(C(C)N2CC(N3CCNCC3)C2)c(C)c1. The Balaban J connectivity index is 1.64. The molecule has 21 heavy (non-hydrogen) atoms. The highest BCUT2D eigenvalue weighted by Gasteiger charge is 2.35. The van der Waals surface area contributed by atoms with Gasteiger partial charge in [0.25, 0.3) is 0 Å². The fourth-order valence-corrected chi connectivity index (χ4v) is 4.12. The molecule has 3 nitrogen and oxygen atoms in total. The van der Waals surface area contributed by atoms with Crippen molar-refractivity contribution in [2.75, 3.05) is 39.3 Å². The lowest BCUT2D eigenvalue weighted by molar-refractivity contribution is 0.00319. The molecular weight excluding hydrogens is 258 g/mol. The maximum atomic E-state index is 3.44. The third-order valence-electron chi connectivity index (χ3n) is 5.26. The molecule has 1 aromatic rings. The lowest BCUT2D eigenvalue weighted by Gasteiger charge is -2.49. The van der Waals surface area contributed by atoms with E-state index in [0.717, 1.165) is 19.1 Å². The molecule has 3 rings (SSSR count). The van der Waals surface area contributed by atoms with Gasteiger partial charge in [-0.2, -0.15) is 0 Å². The minimum absolute atomic E-state index is 0.546. The Morgan fingerprint density at radius 2 is 1.62 bits per heavy atom. The van der Waals surface area contributed by atoms with Crippen molar-refractivity contribution in [3.63, 3.8) is 0 Å². The summed E-state index contributed by atoms with van der Waals surface area (Å²) in [6.07, 6.45) is 0. The average molecular weight is 287 g/mol. The van der Waals surface area contributed by atoms with Gasteiger partial charge in [0.1, 0.15) is 0 Å². The van der Waals surface area contributed by atoms with Crippen molar-refractivity contribution in [3.05, 3.63) is 34.4 Å². The smallest absolute Gasteiger partial charge is 0.0351 e. The number of hydrogen-bond acceptors (Lipinski definition) is 3. The van der Waals surface area contributed by atoms with Crippen LogP contribution < -0.4 is 5.32 Å². The van der Waals surface area contributed by atoms with Crippen LogP contribution in [-0.4, -0.2) is 55.1 Å². The van der Waals surface area contributed by atoms with Crippen LogP contribution in [0.3, 0.4) is 0 Å². The van der Waals surface area contributed by atoms with Crippen LogP contribution in [-0.2, 0) is 0 Å². The van der Waals surface area contributed by atoms with Crippen LogP contribution >= 0.6 is 0 Å². The molecule has 1 aromatic carbocycles. The van der Waals surface area contributed by atoms with Crippen molar-refractivity contribution in [2.24, 2.45) is 0 Å². The third-order valence-corrected chi connectivity index (χ3v) is 5.26. The molecule has 0 spiro atoms. The molecule has 2 fully saturated rings. The van der Waals surface area contributed by atoms with E-state index in [9.17, 15) is 0 Å². The molecule has 0 aliphatic carbocycles. The summed E-state index contributed by atoms with van der Waals surface area (Å²) in [5.41, 5.74) is 5.82.